The maximum Gasteiger partial charge on any atom is 0.326 e. The highest BCUT2D eigenvalue weighted by Crippen LogP contribution is 2.22. The standard InChI is InChI=1S/C73H96N18O20/c1-36-61(98)83-48(28-38-19-22-43(111-5)23-20-38)64(101)85-49(29-39-18-21-40-13-8-9-14-41(40)27-39)69(106)91-73(3,4)72(110)89-53(67(104)86-51(31-56(76)94)66(103)88-54(71(108)109)33-58(78)96)34-59(97)79-26-12-6-7-16-45(74)62(99)84-52(32-57(77)95)68(105)90-60(37(2)92)70(107)87-50(30-42-35-80-46-17-11-10-15-44(42)46)65(102)82-47(63(100)81-36)24-25-55(75)93/h8-11,13-15,17-23,27,35-37,45,47-54,60,80,92H,6-7,12,16,24-26,28-34,74H2,1-5H3,(H2,75,93)(H2,76,94)(H2,77,95)(H2,78,96)(H,79,97)(H,81,100)(H,82,102)(H,83,98)(H,84,99)(H,85,101)(H,86,104)(H,87,107)(H,88,103)(H,89,110)(H,90,105)(H,91,106)(H,108,109)/t36-,37+,45?,47-,48-,49-,50-,51-,52-,53+,54-,60?/m0/s1. The van der Waals surface area contributed by atoms with Gasteiger partial charge in [0.1, 0.15) is 71.7 Å². The summed E-state index contributed by atoms with van der Waals surface area (Å²) in [4.78, 5) is 237. The molecule has 598 valence electrons. The van der Waals surface area contributed by atoms with Gasteiger partial charge in [-0.2, -0.15) is 0 Å². The van der Waals surface area contributed by atoms with Crippen LogP contribution in [0.4, 0.5) is 0 Å². The van der Waals surface area contributed by atoms with E-state index in [0.29, 0.717) is 38.7 Å². The number of carboxylic acid groups (broad SMARTS) is 1. The molecule has 0 saturated carbocycles. The number of benzene rings is 4. The van der Waals surface area contributed by atoms with Gasteiger partial charge in [-0.25, -0.2) is 4.79 Å². The molecule has 1 aromatic heterocycles. The first-order chi connectivity index (χ1) is 52.4. The molecule has 0 bridgehead atoms. The lowest BCUT2D eigenvalue weighted by molar-refractivity contribution is -0.144. The number of para-hydroxylation sites is 1. The molecule has 111 heavy (non-hydrogen) atoms. The number of primary amides is 4. The number of aliphatic hydroxyl groups excluding tert-OH is 1. The van der Waals surface area contributed by atoms with Gasteiger partial charge in [0.25, 0.3) is 0 Å². The van der Waals surface area contributed by atoms with Crippen molar-refractivity contribution >= 4 is 122 Å². The Kier molecular flexibility index (Phi) is 32.3. The largest absolute Gasteiger partial charge is 0.497 e. The van der Waals surface area contributed by atoms with Crippen molar-refractivity contribution in [1.82, 2.24) is 68.8 Å². The van der Waals surface area contributed by atoms with Crippen molar-refractivity contribution in [1.29, 1.82) is 0 Å². The van der Waals surface area contributed by atoms with Crippen LogP contribution in [0.5, 0.6) is 5.75 Å². The summed E-state index contributed by atoms with van der Waals surface area (Å²) in [5.41, 5.74) is 27.7. The fraction of sp³-hybridized carbons (Fsp3) is 0.438. The molecule has 0 spiro atoms. The lowest BCUT2D eigenvalue weighted by Crippen LogP contribution is -2.64. The first-order valence-corrected chi connectivity index (χ1v) is 35.5. The second-order valence-corrected chi connectivity index (χ2v) is 27.4. The highest BCUT2D eigenvalue weighted by molar-refractivity contribution is 6.02. The minimum atomic E-state index is -2.14. The fourth-order valence-corrected chi connectivity index (χ4v) is 11.8. The number of rotatable bonds is 22. The Bertz CT molecular complexity index is 4280. The van der Waals surface area contributed by atoms with Gasteiger partial charge in [0.15, 0.2) is 0 Å². The number of hydrogen-bond donors (Lipinski definition) is 20. The van der Waals surface area contributed by atoms with Crippen molar-refractivity contribution in [3.05, 3.63) is 114 Å². The first kappa shape index (κ1) is 87.3. The molecule has 6 rings (SSSR count). The van der Waals surface area contributed by atoms with Crippen LogP contribution in [0.2, 0.25) is 0 Å². The lowest BCUT2D eigenvalue weighted by atomic mass is 9.98. The molecule has 0 aliphatic carbocycles. The predicted molar refractivity (Wildman–Crippen MR) is 397 cm³/mol. The molecule has 25 N–H and O–H groups in total. The van der Waals surface area contributed by atoms with Crippen molar-refractivity contribution in [3.63, 3.8) is 0 Å². The zero-order valence-corrected chi connectivity index (χ0v) is 61.7. The molecular weight excluding hydrogens is 1450 g/mol. The van der Waals surface area contributed by atoms with Gasteiger partial charge < -0.3 is 112 Å². The van der Waals surface area contributed by atoms with Crippen molar-refractivity contribution in [2.45, 2.75) is 189 Å². The number of hydrogen-bond acceptors (Lipinski definition) is 20. The third kappa shape index (κ3) is 27.2. The van der Waals surface area contributed by atoms with Crippen LogP contribution in [0.25, 0.3) is 21.7 Å². The Morgan fingerprint density at radius 2 is 1.15 bits per heavy atom. The van der Waals surface area contributed by atoms with E-state index in [-0.39, 0.29) is 51.5 Å². The molecule has 1 aliphatic heterocycles. The molecule has 1 saturated heterocycles. The number of carboxylic acids is 1. The second-order valence-electron chi connectivity index (χ2n) is 27.4. The number of H-pyrrole nitrogens is 1. The third-order valence-electron chi connectivity index (χ3n) is 17.9. The van der Waals surface area contributed by atoms with Crippen LogP contribution in [0.3, 0.4) is 0 Å². The summed E-state index contributed by atoms with van der Waals surface area (Å²) in [6, 6.07) is 5.99. The Balaban J connectivity index is 1.41. The molecule has 2 heterocycles. The summed E-state index contributed by atoms with van der Waals surface area (Å²) in [5.74, 6) is -19.3. The molecule has 1 fully saturated rings. The second kappa shape index (κ2) is 41.1. The van der Waals surface area contributed by atoms with Crippen LogP contribution < -0.4 is 97.2 Å². The molecule has 12 atom stereocenters. The molecule has 5 aromatic rings. The molecule has 38 nitrogen and oxygen atoms in total. The van der Waals surface area contributed by atoms with Gasteiger partial charge in [-0.15, -0.1) is 0 Å². The maximum atomic E-state index is 15.1. The van der Waals surface area contributed by atoms with Gasteiger partial charge in [0.2, 0.25) is 94.5 Å². The van der Waals surface area contributed by atoms with E-state index >= 15 is 9.59 Å². The number of carbonyl (C=O) groups excluding carboxylic acids is 16. The number of aromatic nitrogens is 1. The summed E-state index contributed by atoms with van der Waals surface area (Å²) in [6.07, 6.45) is -5.50. The lowest BCUT2D eigenvalue weighted by Gasteiger charge is -2.31. The minimum absolute atomic E-state index is 0.0826. The molecule has 1 aliphatic rings. The Morgan fingerprint density at radius 3 is 1.79 bits per heavy atom. The van der Waals surface area contributed by atoms with Crippen molar-refractivity contribution in [2.75, 3.05) is 13.7 Å². The van der Waals surface area contributed by atoms with Crippen LogP contribution in [0, 0.1) is 0 Å². The monoisotopic (exact) mass is 1540 g/mol. The Hall–Kier alpha value is -12.6. The number of carbonyl (C=O) groups is 17. The smallest absolute Gasteiger partial charge is 0.326 e. The Morgan fingerprint density at radius 1 is 0.586 bits per heavy atom. The number of methoxy groups -OCH3 is 1. The van der Waals surface area contributed by atoms with Crippen LogP contribution in [-0.4, -0.2) is 207 Å². The van der Waals surface area contributed by atoms with Gasteiger partial charge in [0.05, 0.1) is 44.9 Å². The Labute approximate surface area is 636 Å². The van der Waals surface area contributed by atoms with E-state index < -0.39 is 217 Å². The van der Waals surface area contributed by atoms with E-state index in [1.165, 1.54) is 27.9 Å². The van der Waals surface area contributed by atoms with Crippen LogP contribution >= 0.6 is 0 Å². The van der Waals surface area contributed by atoms with Crippen LogP contribution in [0.15, 0.2) is 97.2 Å². The number of aliphatic hydroxyl groups is 1. The summed E-state index contributed by atoms with van der Waals surface area (Å²) in [5, 5.41) is 52.0. The van der Waals surface area contributed by atoms with E-state index in [1.54, 1.807) is 91.1 Å². The van der Waals surface area contributed by atoms with E-state index in [1.807, 2.05) is 11.4 Å². The molecule has 38 heteroatoms. The van der Waals surface area contributed by atoms with Crippen molar-refractivity contribution in [2.24, 2.45) is 28.7 Å². The summed E-state index contributed by atoms with van der Waals surface area (Å²) in [7, 11) is 1.41. The molecule has 0 radical (unpaired) electrons. The molecule has 2 unspecified atom stereocenters. The van der Waals surface area contributed by atoms with Gasteiger partial charge in [-0.3, -0.25) is 76.7 Å². The average Bonchev–Trinajstić information content (AvgIpc) is 1.77. The minimum Gasteiger partial charge on any atom is -0.497 e. The van der Waals surface area contributed by atoms with Gasteiger partial charge in [0, 0.05) is 49.3 Å². The van der Waals surface area contributed by atoms with Gasteiger partial charge in [-0.05, 0) is 92.6 Å². The molecule has 4 aromatic carbocycles. The SMILES string of the molecule is COc1ccc(C[C@@H]2NC(=O)[C@H](C)NC(=O)[C@H](CCC(N)=O)NC(=O)[C@H](Cc3c[nH]c4ccccc34)NC(=O)C([C@@H](C)O)NC(=O)[C@H](CC(N)=O)NC(=O)C(N)CCCCCNC(=O)C[C@H](C(=O)N[C@@H](CC(N)=O)C(=O)N[C@@H](CC(N)=O)C(=O)O)NC(=O)C(C)(C)NC(=O)[C@H](Cc3ccc4ccccc4c3)NC2=O)cc1. The number of aromatic amines is 1. The van der Waals surface area contributed by atoms with Crippen molar-refractivity contribution in [3.8, 4) is 5.75 Å². The molecular formula is C73H96N18O20. The highest BCUT2D eigenvalue weighted by atomic mass is 16.5. The molecule has 16 amide bonds. The first-order valence-electron chi connectivity index (χ1n) is 35.5. The topological polar surface area (TPSA) is 630 Å². The van der Waals surface area contributed by atoms with E-state index in [0.717, 1.165) is 12.3 Å². The van der Waals surface area contributed by atoms with Gasteiger partial charge in [-0.1, -0.05) is 85.6 Å². The zero-order valence-electron chi connectivity index (χ0n) is 61.7. The van der Waals surface area contributed by atoms with E-state index in [4.69, 9.17) is 33.4 Å². The number of amides is 16. The maximum absolute atomic E-state index is 15.1. The highest BCUT2D eigenvalue weighted by Gasteiger charge is 2.40. The third-order valence-corrected chi connectivity index (χ3v) is 17.9. The van der Waals surface area contributed by atoms with E-state index in [9.17, 15) is 82.1 Å². The van der Waals surface area contributed by atoms with Crippen molar-refractivity contribution < 1.29 is 96.5 Å². The average molecular weight is 1550 g/mol. The number of aliphatic carboxylic acids is 1. The normalized spacial score (nSPS) is 22.4. The quantitative estimate of drug-likeness (QED) is 0.0308. The summed E-state index contributed by atoms with van der Waals surface area (Å²) in [6.45, 7) is 4.54. The fourth-order valence-electron chi connectivity index (χ4n) is 11.8. The van der Waals surface area contributed by atoms with Crippen LogP contribution in [0.1, 0.15) is 109 Å². The van der Waals surface area contributed by atoms with Gasteiger partial charge >= 0.3 is 5.97 Å². The summed E-state index contributed by atoms with van der Waals surface area (Å²) < 4.78 is 5.33. The van der Waals surface area contributed by atoms with Crippen LogP contribution in [-0.2, 0) is 101 Å². The predicted octanol–water partition coefficient (Wildman–Crippen LogP) is -5.11. The number of nitrogens with two attached hydrogens (primary N) is 5. The zero-order chi connectivity index (χ0) is 82.0. The number of nitrogens with one attached hydrogen (secondary N) is 13. The van der Waals surface area contributed by atoms with E-state index in [2.05, 4.69) is 63.5 Å². The number of ether oxygens (including phenoxy) is 1. The number of fused-ring (bicyclic) bond motifs is 2. The summed E-state index contributed by atoms with van der Waals surface area (Å²) >= 11 is 0.